The van der Waals surface area contributed by atoms with E-state index in [0.29, 0.717) is 35.0 Å². The molecule has 202 valence electrons. The topological polar surface area (TPSA) is 54.4 Å². The maximum Gasteiger partial charge on any atom is 0.309 e. The molecule has 1 aromatic carbocycles. The zero-order valence-corrected chi connectivity index (χ0v) is 24.3. The van der Waals surface area contributed by atoms with Gasteiger partial charge in [0.15, 0.2) is 0 Å². The summed E-state index contributed by atoms with van der Waals surface area (Å²) in [5.41, 5.74) is 3.04. The number of carboxylic acid groups (broad SMARTS) is 1. The summed E-state index contributed by atoms with van der Waals surface area (Å²) in [6.07, 6.45) is 15.7. The van der Waals surface area contributed by atoms with E-state index in [0.717, 1.165) is 43.4 Å². The second kappa shape index (κ2) is 8.54. The molecule has 9 unspecified atom stereocenters. The van der Waals surface area contributed by atoms with Crippen LogP contribution in [0, 0.1) is 51.2 Å². The predicted octanol–water partition coefficient (Wildman–Crippen LogP) is 7.97. The fraction of sp³-hybridized carbons (Fsp3) is 0.727. The number of benzene rings is 1. The van der Waals surface area contributed by atoms with Gasteiger partial charge in [-0.2, -0.15) is 0 Å². The summed E-state index contributed by atoms with van der Waals surface area (Å²) in [5.74, 6) is 2.56. The minimum absolute atomic E-state index is 0.0918. The van der Waals surface area contributed by atoms with Crippen LogP contribution in [0.5, 0.6) is 0 Å². The molecule has 6 rings (SSSR count). The fourth-order valence-electron chi connectivity index (χ4n) is 11.5. The number of aliphatic carboxylic acids is 1. The Balaban J connectivity index is 1.32. The van der Waals surface area contributed by atoms with E-state index in [2.05, 4.69) is 45.9 Å². The van der Waals surface area contributed by atoms with Gasteiger partial charge in [-0.15, -0.1) is 0 Å². The molecule has 0 radical (unpaired) electrons. The van der Waals surface area contributed by atoms with Gasteiger partial charge in [0.05, 0.1) is 5.41 Å². The number of carboxylic acids is 1. The Kier molecular flexibility index (Phi) is 5.96. The van der Waals surface area contributed by atoms with Gasteiger partial charge in [-0.1, -0.05) is 52.3 Å². The Hall–Kier alpha value is -1.42. The van der Waals surface area contributed by atoms with E-state index in [1.807, 2.05) is 12.1 Å². The highest BCUT2D eigenvalue weighted by Gasteiger charge is 2.66. The molecule has 1 N–H and O–H groups in total. The molecule has 5 aliphatic rings. The molecule has 4 fully saturated rings. The molecule has 1 aromatic rings. The van der Waals surface area contributed by atoms with Crippen molar-refractivity contribution in [1.82, 2.24) is 0 Å². The lowest BCUT2D eigenvalue weighted by molar-refractivity contribution is -0.187. The Bertz CT molecular complexity index is 1150. The van der Waals surface area contributed by atoms with Crippen LogP contribution in [-0.4, -0.2) is 21.5 Å². The van der Waals surface area contributed by atoms with Crippen molar-refractivity contribution in [2.45, 2.75) is 96.8 Å². The number of hydrogen-bond donors (Lipinski definition) is 1. The van der Waals surface area contributed by atoms with Gasteiger partial charge in [0, 0.05) is 22.0 Å². The Morgan fingerprint density at radius 1 is 0.865 bits per heavy atom. The summed E-state index contributed by atoms with van der Waals surface area (Å²) >= 11 is 0. The smallest absolute Gasteiger partial charge is 0.309 e. The summed E-state index contributed by atoms with van der Waals surface area (Å²) < 4.78 is 11.9. The highest BCUT2D eigenvalue weighted by molar-refractivity contribution is 7.84. The average molecular weight is 523 g/mol. The Morgan fingerprint density at radius 2 is 1.59 bits per heavy atom. The Morgan fingerprint density at radius 3 is 2.27 bits per heavy atom. The van der Waals surface area contributed by atoms with Crippen LogP contribution < -0.4 is 0 Å². The van der Waals surface area contributed by atoms with Crippen LogP contribution in [0.25, 0.3) is 5.57 Å². The summed E-state index contributed by atoms with van der Waals surface area (Å²) in [7, 11) is -0.947. The number of hydrogen-bond acceptors (Lipinski definition) is 2. The first-order chi connectivity index (χ1) is 17.4. The average Bonchev–Trinajstić information content (AvgIpc) is 3.30. The lowest BCUT2D eigenvalue weighted by Crippen LogP contribution is -2.61. The number of rotatable bonds is 3. The third-order valence-electron chi connectivity index (χ3n) is 13.0. The minimum atomic E-state index is -0.947. The standard InChI is InChI=1S/C33H46O3S/c1-30(2)24(21-8-10-22(11-9-21)37(5)36)14-18-32(4)27(30)16-19-31(3)25-15-20-33(29(34)35)17-6-7-26(33)23(25)12-13-28(31)32/h8-11,14,23,25-28H,6-7,12-13,15-20H2,1-5H3,(H,34,35). The van der Waals surface area contributed by atoms with Crippen molar-refractivity contribution in [3.8, 4) is 0 Å². The molecule has 4 saturated carbocycles. The van der Waals surface area contributed by atoms with Crippen LogP contribution in [0.3, 0.4) is 0 Å². The highest BCUT2D eigenvalue weighted by Crippen LogP contribution is 2.73. The van der Waals surface area contributed by atoms with Crippen molar-refractivity contribution in [2.24, 2.45) is 51.2 Å². The SMILES string of the molecule is CS(=O)c1ccc(C2=CCC3(C)C(CCC4(C)C5CCC6(C(=O)O)CCCC6C5CCC43)C2(C)C)cc1. The maximum atomic E-state index is 12.5. The van der Waals surface area contributed by atoms with Crippen LogP contribution in [0.15, 0.2) is 35.2 Å². The number of carbonyl (C=O) groups is 1. The van der Waals surface area contributed by atoms with Crippen molar-refractivity contribution in [3.05, 3.63) is 35.9 Å². The molecule has 3 nitrogen and oxygen atoms in total. The summed E-state index contributed by atoms with van der Waals surface area (Å²) in [4.78, 5) is 13.4. The van der Waals surface area contributed by atoms with Gasteiger partial charge < -0.3 is 5.11 Å². The van der Waals surface area contributed by atoms with Crippen molar-refractivity contribution in [3.63, 3.8) is 0 Å². The molecule has 0 saturated heterocycles. The summed E-state index contributed by atoms with van der Waals surface area (Å²) in [6.45, 7) is 10.2. The van der Waals surface area contributed by atoms with Crippen molar-refractivity contribution in [2.75, 3.05) is 6.26 Å². The lowest BCUT2D eigenvalue weighted by Gasteiger charge is -2.68. The molecule has 37 heavy (non-hydrogen) atoms. The van der Waals surface area contributed by atoms with Crippen LogP contribution in [-0.2, 0) is 15.6 Å². The molecule has 5 aliphatic carbocycles. The van der Waals surface area contributed by atoms with Gasteiger partial charge in [0.25, 0.3) is 0 Å². The van der Waals surface area contributed by atoms with Gasteiger partial charge in [-0.3, -0.25) is 9.00 Å². The molecule has 4 heteroatoms. The van der Waals surface area contributed by atoms with Crippen molar-refractivity contribution in [1.29, 1.82) is 0 Å². The zero-order chi connectivity index (χ0) is 26.4. The van der Waals surface area contributed by atoms with Gasteiger partial charge in [0.1, 0.15) is 0 Å². The molecule has 0 heterocycles. The van der Waals surface area contributed by atoms with E-state index in [-0.39, 0.29) is 10.8 Å². The predicted molar refractivity (Wildman–Crippen MR) is 150 cm³/mol. The molecule has 0 aromatic heterocycles. The summed E-state index contributed by atoms with van der Waals surface area (Å²) in [5, 5.41) is 10.3. The van der Waals surface area contributed by atoms with Crippen LogP contribution in [0.2, 0.25) is 0 Å². The van der Waals surface area contributed by atoms with E-state index in [4.69, 9.17) is 0 Å². The zero-order valence-electron chi connectivity index (χ0n) is 23.5. The number of allylic oxidation sites excluding steroid dienone is 2. The monoisotopic (exact) mass is 522 g/mol. The first-order valence-corrected chi connectivity index (χ1v) is 16.4. The van der Waals surface area contributed by atoms with Crippen molar-refractivity contribution >= 4 is 22.3 Å². The van der Waals surface area contributed by atoms with Gasteiger partial charge >= 0.3 is 5.97 Å². The van der Waals surface area contributed by atoms with Gasteiger partial charge in [-0.25, -0.2) is 0 Å². The Labute approximate surface area is 226 Å². The van der Waals surface area contributed by atoms with Gasteiger partial charge in [0.2, 0.25) is 0 Å². The van der Waals surface area contributed by atoms with Crippen LogP contribution in [0.4, 0.5) is 0 Å². The van der Waals surface area contributed by atoms with Crippen LogP contribution >= 0.6 is 0 Å². The third-order valence-corrected chi connectivity index (χ3v) is 13.9. The molecule has 0 amide bonds. The fourth-order valence-corrected chi connectivity index (χ4v) is 12.0. The van der Waals surface area contributed by atoms with E-state index in [1.54, 1.807) is 6.26 Å². The quantitative estimate of drug-likeness (QED) is 0.438. The molecule has 0 spiro atoms. The normalized spacial score (nSPS) is 45.0. The highest BCUT2D eigenvalue weighted by atomic mass is 32.2. The largest absolute Gasteiger partial charge is 0.481 e. The van der Waals surface area contributed by atoms with Crippen molar-refractivity contribution < 1.29 is 14.1 Å². The van der Waals surface area contributed by atoms with Crippen LogP contribution in [0.1, 0.15) is 97.5 Å². The second-order valence-corrected chi connectivity index (χ2v) is 15.9. The van der Waals surface area contributed by atoms with Gasteiger partial charge in [-0.05, 0) is 127 Å². The van der Waals surface area contributed by atoms with E-state index >= 15 is 0 Å². The van der Waals surface area contributed by atoms with E-state index in [1.165, 1.54) is 36.8 Å². The third kappa shape index (κ3) is 3.49. The molecule has 0 aliphatic heterocycles. The maximum absolute atomic E-state index is 12.5. The second-order valence-electron chi connectivity index (χ2n) is 14.5. The molecular weight excluding hydrogens is 476 g/mol. The molecule has 0 bridgehead atoms. The lowest BCUT2D eigenvalue weighted by atomic mass is 9.36. The minimum Gasteiger partial charge on any atom is -0.481 e. The molecular formula is C33H46O3S. The van der Waals surface area contributed by atoms with E-state index in [9.17, 15) is 14.1 Å². The first-order valence-electron chi connectivity index (χ1n) is 14.8. The first kappa shape index (κ1) is 25.8. The molecule has 9 atom stereocenters. The van der Waals surface area contributed by atoms with E-state index < -0.39 is 22.2 Å². The summed E-state index contributed by atoms with van der Waals surface area (Å²) in [6, 6.07) is 8.45. The number of fused-ring (bicyclic) bond motifs is 7.